The van der Waals surface area contributed by atoms with Gasteiger partial charge in [-0.1, -0.05) is 11.6 Å². The highest BCUT2D eigenvalue weighted by Gasteiger charge is 2.17. The Morgan fingerprint density at radius 3 is 3.15 bits per heavy atom. The standard InChI is InChI=1S/C13H11ClIN3OS/c14-7-1-2-9(15)8(5-7)12(19)18-13-17-10-3-4-16-6-11(10)20-13/h1-2,5,16H,3-4,6H2,(H,17,18,19). The molecule has 1 aliphatic heterocycles. The van der Waals surface area contributed by atoms with Gasteiger partial charge in [0.2, 0.25) is 0 Å². The molecule has 0 bridgehead atoms. The minimum Gasteiger partial charge on any atom is -0.311 e. The molecular formula is C13H11ClIN3OS. The summed E-state index contributed by atoms with van der Waals surface area (Å²) in [6, 6.07) is 5.27. The molecule has 7 heteroatoms. The van der Waals surface area contributed by atoms with Crippen molar-refractivity contribution in [3.63, 3.8) is 0 Å². The number of rotatable bonds is 2. The molecule has 4 nitrogen and oxygen atoms in total. The predicted octanol–water partition coefficient (Wildman–Crippen LogP) is 3.30. The average Bonchev–Trinajstić information content (AvgIpc) is 2.83. The number of hydrogen-bond donors (Lipinski definition) is 2. The molecule has 0 unspecified atom stereocenters. The third-order valence-corrected chi connectivity index (χ3v) is 5.18. The van der Waals surface area contributed by atoms with E-state index in [4.69, 9.17) is 11.6 Å². The van der Waals surface area contributed by atoms with Gasteiger partial charge in [0.25, 0.3) is 5.91 Å². The summed E-state index contributed by atoms with van der Waals surface area (Å²) in [4.78, 5) is 18.0. The third kappa shape index (κ3) is 2.98. The fourth-order valence-corrected chi connectivity index (χ4v) is 3.74. The van der Waals surface area contributed by atoms with Crippen LogP contribution in [0.3, 0.4) is 0 Å². The van der Waals surface area contributed by atoms with E-state index in [1.54, 1.807) is 12.1 Å². The molecule has 0 spiro atoms. The Labute approximate surface area is 139 Å². The Hall–Kier alpha value is -0.700. The molecule has 104 valence electrons. The lowest BCUT2D eigenvalue weighted by atomic mass is 10.2. The third-order valence-electron chi connectivity index (χ3n) is 3.00. The van der Waals surface area contributed by atoms with Crippen molar-refractivity contribution < 1.29 is 4.79 Å². The van der Waals surface area contributed by atoms with Crippen LogP contribution in [0.15, 0.2) is 18.2 Å². The summed E-state index contributed by atoms with van der Waals surface area (Å²) in [5.41, 5.74) is 1.66. The number of carbonyl (C=O) groups is 1. The maximum atomic E-state index is 12.3. The van der Waals surface area contributed by atoms with Gasteiger partial charge in [0.15, 0.2) is 5.13 Å². The van der Waals surface area contributed by atoms with E-state index in [2.05, 4.69) is 38.2 Å². The molecule has 0 aliphatic carbocycles. The lowest BCUT2D eigenvalue weighted by Crippen LogP contribution is -2.22. The van der Waals surface area contributed by atoms with Crippen LogP contribution in [0.1, 0.15) is 20.9 Å². The fourth-order valence-electron chi connectivity index (χ4n) is 2.01. The van der Waals surface area contributed by atoms with Crippen molar-refractivity contribution in [2.75, 3.05) is 11.9 Å². The second-order valence-electron chi connectivity index (χ2n) is 4.39. The Balaban J connectivity index is 1.82. The summed E-state index contributed by atoms with van der Waals surface area (Å²) in [5, 5.41) is 7.36. The first-order valence-corrected chi connectivity index (χ1v) is 8.36. The highest BCUT2D eigenvalue weighted by atomic mass is 127. The van der Waals surface area contributed by atoms with E-state index in [-0.39, 0.29) is 5.91 Å². The van der Waals surface area contributed by atoms with Crippen LogP contribution in [0.25, 0.3) is 0 Å². The Kier molecular flexibility index (Phi) is 4.25. The van der Waals surface area contributed by atoms with E-state index in [9.17, 15) is 4.79 Å². The number of nitrogens with one attached hydrogen (secondary N) is 2. The van der Waals surface area contributed by atoms with Gasteiger partial charge in [-0.15, -0.1) is 11.3 Å². The van der Waals surface area contributed by atoms with Gasteiger partial charge in [-0.05, 0) is 40.8 Å². The normalized spacial score (nSPS) is 13.9. The topological polar surface area (TPSA) is 54.0 Å². The Morgan fingerprint density at radius 2 is 2.35 bits per heavy atom. The Morgan fingerprint density at radius 1 is 1.50 bits per heavy atom. The Bertz CT molecular complexity index is 650. The molecule has 0 saturated carbocycles. The van der Waals surface area contributed by atoms with Gasteiger partial charge in [-0.3, -0.25) is 10.1 Å². The number of hydrogen-bond acceptors (Lipinski definition) is 4. The number of halogens is 2. The molecule has 3 rings (SSSR count). The molecule has 0 fully saturated rings. The van der Waals surface area contributed by atoms with Crippen molar-refractivity contribution >= 4 is 56.6 Å². The van der Waals surface area contributed by atoms with Gasteiger partial charge in [0.05, 0.1) is 11.3 Å². The van der Waals surface area contributed by atoms with E-state index >= 15 is 0 Å². The number of fused-ring (bicyclic) bond motifs is 1. The first-order chi connectivity index (χ1) is 9.63. The maximum absolute atomic E-state index is 12.3. The van der Waals surface area contributed by atoms with Crippen LogP contribution in [0.5, 0.6) is 0 Å². The number of nitrogens with zero attached hydrogens (tertiary/aromatic N) is 1. The van der Waals surface area contributed by atoms with Crippen LogP contribution in [0.2, 0.25) is 5.02 Å². The summed E-state index contributed by atoms with van der Waals surface area (Å²) in [6.07, 6.45) is 0.913. The van der Waals surface area contributed by atoms with E-state index in [1.807, 2.05) is 6.07 Å². The van der Waals surface area contributed by atoms with Gasteiger partial charge in [-0.25, -0.2) is 4.98 Å². The number of carbonyl (C=O) groups excluding carboxylic acids is 1. The summed E-state index contributed by atoms with van der Waals surface area (Å²) < 4.78 is 0.868. The highest BCUT2D eigenvalue weighted by molar-refractivity contribution is 14.1. The average molecular weight is 420 g/mol. The molecule has 1 aromatic heterocycles. The molecule has 2 heterocycles. The van der Waals surface area contributed by atoms with Crippen LogP contribution in [0, 0.1) is 3.57 Å². The first kappa shape index (κ1) is 14.2. The number of thiazole rings is 1. The van der Waals surface area contributed by atoms with Crippen molar-refractivity contribution in [3.05, 3.63) is 42.9 Å². The number of benzene rings is 1. The molecular weight excluding hydrogens is 409 g/mol. The lowest BCUT2D eigenvalue weighted by molar-refractivity contribution is 0.102. The number of anilines is 1. The molecule has 2 aromatic rings. The van der Waals surface area contributed by atoms with Crippen molar-refractivity contribution in [1.82, 2.24) is 10.3 Å². The summed E-state index contributed by atoms with van der Waals surface area (Å²) in [5.74, 6) is -0.170. The second kappa shape index (κ2) is 5.97. The monoisotopic (exact) mass is 419 g/mol. The minimum atomic E-state index is -0.170. The van der Waals surface area contributed by atoms with Gasteiger partial charge >= 0.3 is 0 Å². The molecule has 1 aliphatic rings. The van der Waals surface area contributed by atoms with Crippen LogP contribution in [0.4, 0.5) is 5.13 Å². The van der Waals surface area contributed by atoms with Gasteiger partial charge in [-0.2, -0.15) is 0 Å². The largest absolute Gasteiger partial charge is 0.311 e. The summed E-state index contributed by atoms with van der Waals surface area (Å²) >= 11 is 9.59. The van der Waals surface area contributed by atoms with Crippen LogP contribution in [-0.4, -0.2) is 17.4 Å². The smallest absolute Gasteiger partial charge is 0.258 e. The molecule has 1 aromatic carbocycles. The highest BCUT2D eigenvalue weighted by Crippen LogP contribution is 2.26. The van der Waals surface area contributed by atoms with E-state index in [0.717, 1.165) is 28.8 Å². The zero-order chi connectivity index (χ0) is 14.1. The predicted molar refractivity (Wildman–Crippen MR) is 89.6 cm³/mol. The van der Waals surface area contributed by atoms with Crippen molar-refractivity contribution in [1.29, 1.82) is 0 Å². The SMILES string of the molecule is O=C(Nc1nc2c(s1)CNCC2)c1cc(Cl)ccc1I. The quantitative estimate of drug-likeness (QED) is 0.735. The zero-order valence-electron chi connectivity index (χ0n) is 10.4. The van der Waals surface area contributed by atoms with Gasteiger partial charge in [0.1, 0.15) is 0 Å². The van der Waals surface area contributed by atoms with Crippen LogP contribution >= 0.6 is 45.5 Å². The van der Waals surface area contributed by atoms with E-state index in [0.29, 0.717) is 15.7 Å². The van der Waals surface area contributed by atoms with Crippen molar-refractivity contribution in [2.45, 2.75) is 13.0 Å². The molecule has 1 amide bonds. The molecule has 20 heavy (non-hydrogen) atoms. The summed E-state index contributed by atoms with van der Waals surface area (Å²) in [6.45, 7) is 1.77. The first-order valence-electron chi connectivity index (χ1n) is 6.09. The number of aromatic nitrogens is 1. The molecule has 0 saturated heterocycles. The van der Waals surface area contributed by atoms with Gasteiger partial charge in [0, 0.05) is 33.0 Å². The summed E-state index contributed by atoms with van der Waals surface area (Å²) in [7, 11) is 0. The molecule has 0 radical (unpaired) electrons. The zero-order valence-corrected chi connectivity index (χ0v) is 14.1. The number of amides is 1. The van der Waals surface area contributed by atoms with Crippen LogP contribution < -0.4 is 10.6 Å². The maximum Gasteiger partial charge on any atom is 0.258 e. The second-order valence-corrected chi connectivity index (χ2v) is 7.08. The van der Waals surface area contributed by atoms with Crippen LogP contribution in [-0.2, 0) is 13.0 Å². The minimum absolute atomic E-state index is 0.170. The fraction of sp³-hybridized carbons (Fsp3) is 0.231. The van der Waals surface area contributed by atoms with E-state index < -0.39 is 0 Å². The van der Waals surface area contributed by atoms with Crippen molar-refractivity contribution in [2.24, 2.45) is 0 Å². The molecule has 2 N–H and O–H groups in total. The van der Waals surface area contributed by atoms with Crippen molar-refractivity contribution in [3.8, 4) is 0 Å². The van der Waals surface area contributed by atoms with Gasteiger partial charge < -0.3 is 5.32 Å². The molecule has 0 atom stereocenters. The lowest BCUT2D eigenvalue weighted by Gasteiger charge is -2.09. The van der Waals surface area contributed by atoms with E-state index in [1.165, 1.54) is 16.2 Å².